The highest BCUT2D eigenvalue weighted by molar-refractivity contribution is 7.57. The Bertz CT molecular complexity index is 289. The van der Waals surface area contributed by atoms with Crippen LogP contribution in [-0.4, -0.2) is 52.5 Å². The molecule has 0 aromatic carbocycles. The molecule has 1 atom stereocenters. The summed E-state index contributed by atoms with van der Waals surface area (Å²) in [4.78, 5) is 12.1. The second-order valence-corrected chi connectivity index (χ2v) is 6.49. The van der Waals surface area contributed by atoms with Crippen LogP contribution in [0.4, 0.5) is 0 Å². The third-order valence-corrected chi connectivity index (χ3v) is 2.81. The molecule has 0 radical (unpaired) electrons. The number of rotatable bonds is 8. The first-order valence-electron chi connectivity index (χ1n) is 5.19. The number of ether oxygens (including phenoxy) is 3. The van der Waals surface area contributed by atoms with Crippen LogP contribution in [0.3, 0.4) is 0 Å². The zero-order chi connectivity index (χ0) is 13.7. The molecule has 0 aliphatic carbocycles. The Hall–Kier alpha value is -0.260. The molecule has 0 N–H and O–H groups in total. The van der Waals surface area contributed by atoms with Gasteiger partial charge in [0.2, 0.25) is 7.37 Å². The molecular formula is C10H21O6P. The van der Waals surface area contributed by atoms with E-state index in [4.69, 9.17) is 18.7 Å². The Balaban J connectivity index is 5.19. The quantitative estimate of drug-likeness (QED) is 0.490. The Morgan fingerprint density at radius 2 is 1.71 bits per heavy atom. The summed E-state index contributed by atoms with van der Waals surface area (Å²) in [6.45, 7) is 4.53. The molecule has 6 nitrogen and oxygen atoms in total. The molecule has 0 fully saturated rings. The van der Waals surface area contributed by atoms with E-state index in [-0.39, 0.29) is 0 Å². The van der Waals surface area contributed by atoms with Gasteiger partial charge in [-0.1, -0.05) is 6.92 Å². The van der Waals surface area contributed by atoms with Gasteiger partial charge in [0.15, 0.2) is 0 Å². The fourth-order valence-electron chi connectivity index (χ4n) is 1.35. The molecule has 102 valence electrons. The maximum absolute atomic E-state index is 12.1. The van der Waals surface area contributed by atoms with E-state index in [0.717, 1.165) is 0 Å². The summed E-state index contributed by atoms with van der Waals surface area (Å²) in [5.41, 5.74) is 0. The number of methoxy groups -OCH3 is 3. The maximum Gasteiger partial charge on any atom is 0.354 e. The van der Waals surface area contributed by atoms with Crippen molar-refractivity contribution in [3.05, 3.63) is 0 Å². The summed E-state index contributed by atoms with van der Waals surface area (Å²) in [5.74, 6) is -2.52. The predicted octanol–water partition coefficient (Wildman–Crippen LogP) is 1.48. The lowest BCUT2D eigenvalue weighted by Crippen LogP contribution is -2.50. The Labute approximate surface area is 102 Å². The second kappa shape index (κ2) is 6.61. The molecule has 0 aromatic rings. The average molecular weight is 268 g/mol. The van der Waals surface area contributed by atoms with Crippen LogP contribution in [0.5, 0.6) is 0 Å². The monoisotopic (exact) mass is 268 g/mol. The minimum Gasteiger partial charge on any atom is -0.373 e. The molecule has 0 aliphatic heterocycles. The van der Waals surface area contributed by atoms with E-state index in [1.54, 1.807) is 6.92 Å². The Morgan fingerprint density at radius 1 is 1.24 bits per heavy atom. The zero-order valence-electron chi connectivity index (χ0n) is 11.2. The van der Waals surface area contributed by atoms with Gasteiger partial charge in [-0.05, 0) is 6.42 Å². The van der Waals surface area contributed by atoms with Gasteiger partial charge in [-0.3, -0.25) is 13.9 Å². The van der Waals surface area contributed by atoms with Crippen molar-refractivity contribution in [1.82, 2.24) is 0 Å². The number of hydrogen-bond acceptors (Lipinski definition) is 6. The van der Waals surface area contributed by atoms with Crippen molar-refractivity contribution in [2.45, 2.75) is 25.4 Å². The van der Waals surface area contributed by atoms with Crippen molar-refractivity contribution < 1.29 is 28.1 Å². The van der Waals surface area contributed by atoms with Gasteiger partial charge in [-0.15, -0.1) is 0 Å². The van der Waals surface area contributed by atoms with Gasteiger partial charge in [0, 0.05) is 34.7 Å². The molecule has 0 aliphatic rings. The van der Waals surface area contributed by atoms with E-state index < -0.39 is 25.2 Å². The minimum absolute atomic E-state index is 0.435. The van der Waals surface area contributed by atoms with E-state index in [1.807, 2.05) is 0 Å². The smallest absolute Gasteiger partial charge is 0.354 e. The van der Waals surface area contributed by atoms with Crippen molar-refractivity contribution >= 4 is 13.2 Å². The summed E-state index contributed by atoms with van der Waals surface area (Å²) >= 11 is 0. The van der Waals surface area contributed by atoms with Crippen LogP contribution in [0, 0.1) is 0 Å². The summed E-state index contributed by atoms with van der Waals surface area (Å²) in [6.07, 6.45) is -0.299. The topological polar surface area (TPSA) is 71.1 Å². The molecule has 0 bridgehead atoms. The zero-order valence-corrected chi connectivity index (χ0v) is 12.1. The lowest BCUT2D eigenvalue weighted by Gasteiger charge is -2.32. The second-order valence-electron chi connectivity index (χ2n) is 3.80. The lowest BCUT2D eigenvalue weighted by atomic mass is 10.1. The van der Waals surface area contributed by atoms with Gasteiger partial charge in [0.25, 0.3) is 5.78 Å². The standard InChI is InChI=1S/C10H21O6P/c1-7-8(13-2)9(11)10(14-3,15-4)16-17(5,6)12/h8H,7H2,1-6H3. The minimum atomic E-state index is -2.96. The number of Topliss-reactive ketones (excluding diaryl/α,β-unsaturated/α-hetero) is 1. The van der Waals surface area contributed by atoms with Crippen molar-refractivity contribution in [2.24, 2.45) is 0 Å². The van der Waals surface area contributed by atoms with E-state index >= 15 is 0 Å². The fraction of sp³-hybridized carbons (Fsp3) is 0.900. The number of carbonyl (C=O) groups is 1. The van der Waals surface area contributed by atoms with E-state index in [1.165, 1.54) is 34.7 Å². The average Bonchev–Trinajstić information content (AvgIpc) is 2.26. The van der Waals surface area contributed by atoms with Gasteiger partial charge in [0.05, 0.1) is 0 Å². The molecule has 0 aromatic heterocycles. The molecule has 7 heteroatoms. The lowest BCUT2D eigenvalue weighted by molar-refractivity contribution is -0.301. The summed E-state index contributed by atoms with van der Waals surface area (Å²) in [5, 5.41) is 0. The van der Waals surface area contributed by atoms with Crippen LogP contribution in [0.2, 0.25) is 0 Å². The number of ketones is 1. The van der Waals surface area contributed by atoms with Gasteiger partial charge in [0.1, 0.15) is 6.10 Å². The van der Waals surface area contributed by atoms with Crippen molar-refractivity contribution in [3.63, 3.8) is 0 Å². The summed E-state index contributed by atoms with van der Waals surface area (Å²) < 4.78 is 31.8. The highest BCUT2D eigenvalue weighted by Crippen LogP contribution is 2.43. The van der Waals surface area contributed by atoms with E-state index in [9.17, 15) is 9.36 Å². The van der Waals surface area contributed by atoms with Crippen LogP contribution < -0.4 is 0 Å². The summed E-state index contributed by atoms with van der Waals surface area (Å²) in [7, 11) is 0.940. The fourth-order valence-corrected chi connectivity index (χ4v) is 2.17. The van der Waals surface area contributed by atoms with Gasteiger partial charge >= 0.3 is 5.97 Å². The highest BCUT2D eigenvalue weighted by Gasteiger charge is 2.47. The predicted molar refractivity (Wildman–Crippen MR) is 63.4 cm³/mol. The van der Waals surface area contributed by atoms with Crippen LogP contribution in [0.1, 0.15) is 13.3 Å². The van der Waals surface area contributed by atoms with E-state index in [0.29, 0.717) is 6.42 Å². The highest BCUT2D eigenvalue weighted by atomic mass is 31.2. The van der Waals surface area contributed by atoms with Crippen molar-refractivity contribution in [2.75, 3.05) is 34.7 Å². The van der Waals surface area contributed by atoms with Gasteiger partial charge in [-0.25, -0.2) is 0 Å². The molecule has 0 saturated heterocycles. The molecule has 0 amide bonds. The van der Waals surface area contributed by atoms with Crippen LogP contribution >= 0.6 is 7.37 Å². The number of carbonyl (C=O) groups excluding carboxylic acids is 1. The van der Waals surface area contributed by atoms with Crippen LogP contribution in [0.15, 0.2) is 0 Å². The largest absolute Gasteiger partial charge is 0.373 e. The third kappa shape index (κ3) is 4.48. The normalized spacial score (nSPS) is 14.7. The number of hydrogen-bond donors (Lipinski definition) is 0. The van der Waals surface area contributed by atoms with E-state index in [2.05, 4.69) is 0 Å². The van der Waals surface area contributed by atoms with Crippen molar-refractivity contribution in [1.29, 1.82) is 0 Å². The molecule has 0 heterocycles. The third-order valence-electron chi connectivity index (χ3n) is 2.13. The van der Waals surface area contributed by atoms with Gasteiger partial charge in [-0.2, -0.15) is 0 Å². The molecule has 0 rings (SSSR count). The Morgan fingerprint density at radius 3 is 1.94 bits per heavy atom. The first-order valence-corrected chi connectivity index (χ1v) is 7.71. The SMILES string of the molecule is CCC(OC)C(=O)C(OC)(OC)OP(C)(C)=O. The first kappa shape index (κ1) is 16.7. The maximum atomic E-state index is 12.1. The van der Waals surface area contributed by atoms with Crippen LogP contribution in [0.25, 0.3) is 0 Å². The first-order chi connectivity index (χ1) is 7.76. The molecule has 0 saturated carbocycles. The molecule has 17 heavy (non-hydrogen) atoms. The Kier molecular flexibility index (Phi) is 6.51. The molecule has 0 spiro atoms. The molecular weight excluding hydrogens is 247 g/mol. The van der Waals surface area contributed by atoms with Gasteiger partial charge < -0.3 is 14.2 Å². The summed E-state index contributed by atoms with van der Waals surface area (Å²) in [6, 6.07) is 0. The molecule has 1 unspecified atom stereocenters. The van der Waals surface area contributed by atoms with Crippen LogP contribution in [-0.2, 0) is 28.1 Å². The van der Waals surface area contributed by atoms with Crippen molar-refractivity contribution in [3.8, 4) is 0 Å².